The molecule has 0 spiro atoms. The van der Waals surface area contributed by atoms with Crippen LogP contribution in [-0.2, 0) is 14.3 Å². The van der Waals surface area contributed by atoms with Crippen LogP contribution in [0.2, 0.25) is 0 Å². The molecule has 1 N–H and O–H groups in total. The van der Waals surface area contributed by atoms with Crippen molar-refractivity contribution in [1.29, 1.82) is 0 Å². The van der Waals surface area contributed by atoms with Crippen LogP contribution in [-0.4, -0.2) is 28.2 Å². The van der Waals surface area contributed by atoms with Gasteiger partial charge < -0.3 is 9.47 Å². The molecule has 1 fully saturated rings. The van der Waals surface area contributed by atoms with E-state index >= 15 is 0 Å². The van der Waals surface area contributed by atoms with Gasteiger partial charge in [-0.25, -0.2) is 4.79 Å². The van der Waals surface area contributed by atoms with Crippen LogP contribution in [0.15, 0.2) is 32.9 Å². The van der Waals surface area contributed by atoms with Gasteiger partial charge in [-0.1, -0.05) is 28.1 Å². The minimum atomic E-state index is -0.512. The molecule has 0 aromatic carbocycles. The number of rotatable bonds is 4. The highest BCUT2D eigenvalue weighted by Crippen LogP contribution is 2.45. The predicted octanol–water partition coefficient (Wildman–Crippen LogP) is 1.95. The summed E-state index contributed by atoms with van der Waals surface area (Å²) in [7, 11) is 0. The number of nitrogens with zero attached hydrogens (tertiary/aromatic N) is 1. The molecule has 134 valence electrons. The molecular weight excluding hydrogens is 392 g/mol. The number of ether oxygens (including phenoxy) is 2. The Balaban J connectivity index is 1.95. The number of hydrogen-bond acceptors (Lipinski definition) is 5. The van der Waals surface area contributed by atoms with Crippen LogP contribution >= 0.6 is 15.9 Å². The highest BCUT2D eigenvalue weighted by Gasteiger charge is 2.45. The molecule has 1 aromatic heterocycles. The first kappa shape index (κ1) is 17.9. The monoisotopic (exact) mass is 410 g/mol. The highest BCUT2D eigenvalue weighted by molar-refractivity contribution is 9.11. The third-order valence-corrected chi connectivity index (χ3v) is 4.92. The summed E-state index contributed by atoms with van der Waals surface area (Å²) in [6.07, 6.45) is 8.01. The van der Waals surface area contributed by atoms with E-state index in [-0.39, 0.29) is 30.5 Å². The Kier molecular flexibility index (Phi) is 5.39. The second kappa shape index (κ2) is 7.53. The number of carbonyl (C=O) groups is 1. The molecule has 1 unspecified atom stereocenters. The Morgan fingerprint density at radius 3 is 2.80 bits per heavy atom. The molecule has 8 heteroatoms. The van der Waals surface area contributed by atoms with Gasteiger partial charge in [0.15, 0.2) is 0 Å². The highest BCUT2D eigenvalue weighted by atomic mass is 79.9. The van der Waals surface area contributed by atoms with Gasteiger partial charge in [0.25, 0.3) is 5.56 Å². The smallest absolute Gasteiger partial charge is 0.330 e. The number of nitrogens with one attached hydrogen (secondary N) is 1. The number of esters is 1. The van der Waals surface area contributed by atoms with Crippen LogP contribution < -0.4 is 11.2 Å². The maximum Gasteiger partial charge on any atom is 0.330 e. The van der Waals surface area contributed by atoms with Crippen molar-refractivity contribution in [2.45, 2.75) is 32.1 Å². The van der Waals surface area contributed by atoms with Gasteiger partial charge in [-0.15, -0.1) is 0 Å². The fourth-order valence-corrected chi connectivity index (χ4v) is 3.79. The second-order valence-corrected chi connectivity index (χ2v) is 6.71. The zero-order chi connectivity index (χ0) is 18.0. The summed E-state index contributed by atoms with van der Waals surface area (Å²) >= 11 is 3.14. The molecule has 2 heterocycles. The molecule has 0 saturated carbocycles. The van der Waals surface area contributed by atoms with Crippen LogP contribution in [0.5, 0.6) is 0 Å². The van der Waals surface area contributed by atoms with E-state index in [2.05, 4.69) is 33.1 Å². The summed E-state index contributed by atoms with van der Waals surface area (Å²) in [5.41, 5.74) is -0.610. The molecule has 0 amide bonds. The van der Waals surface area contributed by atoms with Crippen molar-refractivity contribution in [3.8, 4) is 0 Å². The molecule has 2 aliphatic rings. The lowest BCUT2D eigenvalue weighted by molar-refractivity contribution is -0.146. The summed E-state index contributed by atoms with van der Waals surface area (Å²) < 4.78 is 12.6. The number of allylic oxidation sites excluding steroid dienone is 2. The van der Waals surface area contributed by atoms with Gasteiger partial charge in [-0.3, -0.25) is 19.1 Å². The van der Waals surface area contributed by atoms with E-state index in [1.807, 2.05) is 0 Å². The van der Waals surface area contributed by atoms with Gasteiger partial charge in [0.1, 0.15) is 12.8 Å². The van der Waals surface area contributed by atoms with Gasteiger partial charge in [0, 0.05) is 19.0 Å². The van der Waals surface area contributed by atoms with E-state index in [4.69, 9.17) is 9.47 Å². The SMILES string of the molecule is CC(=O)OC[C@H]1OC(n2cc(/C=C/Br)c(=O)[nH]c2=O)[C@@H]2CC=CC[C@H]12. The number of aromatic nitrogens is 2. The van der Waals surface area contributed by atoms with Gasteiger partial charge in [0.05, 0.1) is 11.7 Å². The van der Waals surface area contributed by atoms with Crippen LogP contribution in [0.3, 0.4) is 0 Å². The predicted molar refractivity (Wildman–Crippen MR) is 95.2 cm³/mol. The number of aromatic amines is 1. The first-order valence-electron chi connectivity index (χ1n) is 8.07. The normalized spacial score (nSPS) is 28.2. The Labute approximate surface area is 152 Å². The van der Waals surface area contributed by atoms with Crippen molar-refractivity contribution < 1.29 is 14.3 Å². The van der Waals surface area contributed by atoms with Gasteiger partial charge >= 0.3 is 11.7 Å². The van der Waals surface area contributed by atoms with Gasteiger partial charge in [-0.05, 0) is 29.8 Å². The van der Waals surface area contributed by atoms with Crippen LogP contribution in [0, 0.1) is 11.8 Å². The Morgan fingerprint density at radius 2 is 2.12 bits per heavy atom. The fourth-order valence-electron chi connectivity index (χ4n) is 3.50. The maximum atomic E-state index is 12.3. The summed E-state index contributed by atoms with van der Waals surface area (Å²) in [6, 6.07) is 0. The minimum Gasteiger partial charge on any atom is -0.463 e. The van der Waals surface area contributed by atoms with Crippen molar-refractivity contribution in [1.82, 2.24) is 9.55 Å². The summed E-state index contributed by atoms with van der Waals surface area (Å²) in [5, 5.41) is 0. The minimum absolute atomic E-state index is 0.0787. The lowest BCUT2D eigenvalue weighted by atomic mass is 9.81. The molecule has 1 saturated heterocycles. The maximum absolute atomic E-state index is 12.3. The first-order valence-corrected chi connectivity index (χ1v) is 8.99. The van der Waals surface area contributed by atoms with E-state index in [0.29, 0.717) is 5.56 Å². The fraction of sp³-hybridized carbons (Fsp3) is 0.471. The first-order chi connectivity index (χ1) is 12.0. The number of hydrogen-bond donors (Lipinski definition) is 1. The molecular formula is C17H19BrN2O5. The number of carbonyl (C=O) groups excluding carboxylic acids is 1. The molecule has 25 heavy (non-hydrogen) atoms. The third kappa shape index (κ3) is 3.69. The standard InChI is InChI=1S/C17H19BrN2O5/c1-10(21)24-9-14-12-4-2-3-5-13(12)16(25-14)20-8-11(6-7-18)15(22)19-17(20)23/h2-3,6-8,12-14,16H,4-5,9H2,1H3,(H,19,22,23)/b7-6+/t12-,13+,14+,16?/m0/s1. The van der Waals surface area contributed by atoms with E-state index in [1.54, 1.807) is 11.1 Å². The molecule has 1 aliphatic heterocycles. The Morgan fingerprint density at radius 1 is 1.40 bits per heavy atom. The Hall–Kier alpha value is -1.93. The number of fused-ring (bicyclic) bond motifs is 1. The number of H-pyrrole nitrogens is 1. The van der Waals surface area contributed by atoms with Gasteiger partial charge in [0.2, 0.25) is 0 Å². The van der Waals surface area contributed by atoms with Crippen molar-refractivity contribution in [2.75, 3.05) is 6.61 Å². The average Bonchev–Trinajstić information content (AvgIpc) is 2.94. The zero-order valence-corrected chi connectivity index (χ0v) is 15.3. The largest absolute Gasteiger partial charge is 0.463 e. The van der Waals surface area contributed by atoms with E-state index < -0.39 is 17.5 Å². The van der Waals surface area contributed by atoms with E-state index in [0.717, 1.165) is 12.8 Å². The van der Waals surface area contributed by atoms with Crippen LogP contribution in [0.4, 0.5) is 0 Å². The lowest BCUT2D eigenvalue weighted by Gasteiger charge is -2.25. The second-order valence-electron chi connectivity index (χ2n) is 6.18. The van der Waals surface area contributed by atoms with Crippen LogP contribution in [0.1, 0.15) is 31.6 Å². The quantitative estimate of drug-likeness (QED) is 0.604. The topological polar surface area (TPSA) is 90.4 Å². The van der Waals surface area contributed by atoms with E-state index in [1.165, 1.54) is 17.7 Å². The summed E-state index contributed by atoms with van der Waals surface area (Å²) in [5.74, 6) is -0.126. The molecule has 7 nitrogen and oxygen atoms in total. The molecule has 3 rings (SSSR count). The van der Waals surface area contributed by atoms with Crippen molar-refractivity contribution in [3.05, 3.63) is 49.7 Å². The summed E-state index contributed by atoms with van der Waals surface area (Å²) in [6.45, 7) is 1.52. The number of halogens is 1. The Bertz CT molecular complexity index is 825. The molecule has 1 aromatic rings. The zero-order valence-electron chi connectivity index (χ0n) is 13.7. The molecule has 1 aliphatic carbocycles. The van der Waals surface area contributed by atoms with E-state index in [9.17, 15) is 14.4 Å². The molecule has 0 radical (unpaired) electrons. The average molecular weight is 411 g/mol. The molecule has 0 bridgehead atoms. The lowest BCUT2D eigenvalue weighted by Crippen LogP contribution is -2.35. The van der Waals surface area contributed by atoms with Crippen molar-refractivity contribution in [2.24, 2.45) is 11.8 Å². The van der Waals surface area contributed by atoms with Crippen molar-refractivity contribution >= 4 is 28.0 Å². The van der Waals surface area contributed by atoms with Gasteiger partial charge in [-0.2, -0.15) is 0 Å². The van der Waals surface area contributed by atoms with Crippen molar-refractivity contribution in [3.63, 3.8) is 0 Å². The molecule has 4 atom stereocenters. The summed E-state index contributed by atoms with van der Waals surface area (Å²) in [4.78, 5) is 39.2. The third-order valence-electron chi connectivity index (χ3n) is 4.65. The van der Waals surface area contributed by atoms with Crippen LogP contribution in [0.25, 0.3) is 6.08 Å².